The molecule has 0 unspecified atom stereocenters. The lowest BCUT2D eigenvalue weighted by atomic mass is 10.2. The molecule has 0 aliphatic rings. The van der Waals surface area contributed by atoms with E-state index in [2.05, 4.69) is 5.92 Å². The van der Waals surface area contributed by atoms with Crippen LogP contribution in [0.5, 0.6) is 5.75 Å². The lowest BCUT2D eigenvalue weighted by molar-refractivity contribution is -0.144. The summed E-state index contributed by atoms with van der Waals surface area (Å²) in [5.74, 6) is 1.69. The van der Waals surface area contributed by atoms with Gasteiger partial charge in [-0.2, -0.15) is 0 Å². The molecule has 0 saturated carbocycles. The van der Waals surface area contributed by atoms with Gasteiger partial charge in [-0.25, -0.2) is 0 Å². The summed E-state index contributed by atoms with van der Waals surface area (Å²) >= 11 is 0. The van der Waals surface area contributed by atoms with Crippen molar-refractivity contribution in [1.29, 1.82) is 0 Å². The van der Waals surface area contributed by atoms with E-state index in [0.717, 1.165) is 16.2 Å². The van der Waals surface area contributed by atoms with Crippen molar-refractivity contribution in [3.63, 3.8) is 0 Å². The molecule has 1 N–H and O–H groups in total. The molecular formula is C16H19NO4. The second kappa shape index (κ2) is 8.64. The van der Waals surface area contributed by atoms with E-state index in [9.17, 15) is 9.59 Å². The van der Waals surface area contributed by atoms with E-state index >= 15 is 0 Å². The van der Waals surface area contributed by atoms with Crippen LogP contribution in [0.25, 0.3) is 0 Å². The first-order valence-corrected chi connectivity index (χ1v) is 6.65. The van der Waals surface area contributed by atoms with Crippen LogP contribution in [-0.4, -0.2) is 41.6 Å². The van der Waals surface area contributed by atoms with Gasteiger partial charge < -0.3 is 14.7 Å². The van der Waals surface area contributed by atoms with Crippen LogP contribution >= 0.6 is 0 Å². The van der Waals surface area contributed by atoms with Gasteiger partial charge in [-0.15, -0.1) is 6.42 Å². The number of hydrogen-bond acceptors (Lipinski definition) is 3. The Morgan fingerprint density at radius 1 is 1.33 bits per heavy atom. The van der Waals surface area contributed by atoms with Gasteiger partial charge in [0, 0.05) is 6.42 Å². The van der Waals surface area contributed by atoms with E-state index in [1.54, 1.807) is 0 Å². The highest BCUT2D eigenvalue weighted by molar-refractivity contribution is 5.81. The van der Waals surface area contributed by atoms with Gasteiger partial charge in [0.15, 0.2) is 0 Å². The average Bonchev–Trinajstić information content (AvgIpc) is 2.44. The van der Waals surface area contributed by atoms with Crippen molar-refractivity contribution in [3.8, 4) is 18.1 Å². The van der Waals surface area contributed by atoms with Gasteiger partial charge in [0.05, 0.1) is 13.2 Å². The van der Waals surface area contributed by atoms with Crippen molar-refractivity contribution in [2.45, 2.75) is 19.8 Å². The number of ether oxygens (including phenoxy) is 1. The van der Waals surface area contributed by atoms with Crippen molar-refractivity contribution in [2.24, 2.45) is 0 Å². The fraction of sp³-hybridized carbons (Fsp3) is 0.375. The van der Waals surface area contributed by atoms with Gasteiger partial charge >= 0.3 is 5.97 Å². The second-order valence-electron chi connectivity index (χ2n) is 4.61. The number of aliphatic carboxylic acids is 1. The Balaban J connectivity index is 2.33. The molecule has 5 heteroatoms. The van der Waals surface area contributed by atoms with Crippen LogP contribution in [0, 0.1) is 19.3 Å². The zero-order chi connectivity index (χ0) is 15.7. The topological polar surface area (TPSA) is 66.8 Å². The van der Waals surface area contributed by atoms with Crippen molar-refractivity contribution in [3.05, 3.63) is 29.8 Å². The van der Waals surface area contributed by atoms with Gasteiger partial charge in [0.1, 0.15) is 12.3 Å². The van der Waals surface area contributed by atoms with E-state index in [1.807, 2.05) is 31.2 Å². The molecule has 1 amide bonds. The fourth-order valence-electron chi connectivity index (χ4n) is 1.71. The Bertz CT molecular complexity index is 516. The number of benzene rings is 1. The number of carbonyl (C=O) groups is 2. The molecule has 0 fully saturated rings. The van der Waals surface area contributed by atoms with Crippen LogP contribution in [0.15, 0.2) is 24.3 Å². The molecule has 21 heavy (non-hydrogen) atoms. The summed E-state index contributed by atoms with van der Waals surface area (Å²) in [4.78, 5) is 23.6. The third-order valence-corrected chi connectivity index (χ3v) is 2.79. The number of amides is 1. The maximum absolute atomic E-state index is 11.8. The average molecular weight is 289 g/mol. The van der Waals surface area contributed by atoms with Gasteiger partial charge in [-0.3, -0.25) is 9.59 Å². The normalized spacial score (nSPS) is 9.71. The van der Waals surface area contributed by atoms with Crippen molar-refractivity contribution in [1.82, 2.24) is 4.90 Å². The van der Waals surface area contributed by atoms with Crippen molar-refractivity contribution < 1.29 is 19.4 Å². The Morgan fingerprint density at radius 2 is 2.00 bits per heavy atom. The quantitative estimate of drug-likeness (QED) is 0.584. The first-order valence-electron chi connectivity index (χ1n) is 6.65. The van der Waals surface area contributed by atoms with E-state index in [0.29, 0.717) is 13.0 Å². The number of carboxylic acid groups (broad SMARTS) is 1. The minimum absolute atomic E-state index is 0.00392. The molecule has 0 spiro atoms. The van der Waals surface area contributed by atoms with Crippen LogP contribution in [0.3, 0.4) is 0 Å². The number of carboxylic acids is 1. The highest BCUT2D eigenvalue weighted by Gasteiger charge is 2.15. The van der Waals surface area contributed by atoms with Gasteiger partial charge in [-0.1, -0.05) is 23.6 Å². The SMILES string of the molecule is C#CCN(CC(=O)O)C(=O)CCCOc1ccc(C)cc1. The molecule has 1 aromatic carbocycles. The molecule has 0 radical (unpaired) electrons. The minimum Gasteiger partial charge on any atom is -0.494 e. The number of rotatable bonds is 8. The van der Waals surface area contributed by atoms with Gasteiger partial charge in [-0.05, 0) is 25.5 Å². The zero-order valence-corrected chi connectivity index (χ0v) is 12.0. The highest BCUT2D eigenvalue weighted by atomic mass is 16.5. The molecule has 0 aliphatic heterocycles. The summed E-state index contributed by atoms with van der Waals surface area (Å²) < 4.78 is 5.50. The summed E-state index contributed by atoms with van der Waals surface area (Å²) in [6, 6.07) is 7.63. The third-order valence-electron chi connectivity index (χ3n) is 2.79. The summed E-state index contributed by atoms with van der Waals surface area (Å²) in [6.45, 7) is 2.02. The number of carbonyl (C=O) groups excluding carboxylic acids is 1. The second-order valence-corrected chi connectivity index (χ2v) is 4.61. The molecule has 0 saturated heterocycles. The van der Waals surface area contributed by atoms with E-state index < -0.39 is 5.97 Å². The molecule has 0 aromatic heterocycles. The minimum atomic E-state index is -1.07. The van der Waals surface area contributed by atoms with Crippen LogP contribution < -0.4 is 4.74 Å². The monoisotopic (exact) mass is 289 g/mol. The van der Waals surface area contributed by atoms with Gasteiger partial charge in [0.2, 0.25) is 5.91 Å². The first kappa shape index (κ1) is 16.6. The lowest BCUT2D eigenvalue weighted by Gasteiger charge is -2.17. The smallest absolute Gasteiger partial charge is 0.323 e. The zero-order valence-electron chi connectivity index (χ0n) is 12.0. The van der Waals surface area contributed by atoms with Crippen LogP contribution in [0.1, 0.15) is 18.4 Å². The number of terminal acetylenes is 1. The summed E-state index contributed by atoms with van der Waals surface area (Å²) in [6.07, 6.45) is 5.84. The van der Waals surface area contributed by atoms with Gasteiger partial charge in [0.25, 0.3) is 0 Å². The van der Waals surface area contributed by atoms with Crippen LogP contribution in [0.2, 0.25) is 0 Å². The molecule has 0 bridgehead atoms. The summed E-state index contributed by atoms with van der Waals surface area (Å²) in [7, 11) is 0. The molecular weight excluding hydrogens is 270 g/mol. The van der Waals surface area contributed by atoms with Crippen LogP contribution in [0.4, 0.5) is 0 Å². The maximum Gasteiger partial charge on any atom is 0.323 e. The molecule has 0 aliphatic carbocycles. The molecule has 0 heterocycles. The van der Waals surface area contributed by atoms with Crippen molar-refractivity contribution >= 4 is 11.9 Å². The predicted octanol–water partition coefficient (Wildman–Crippen LogP) is 1.70. The van der Waals surface area contributed by atoms with E-state index in [1.165, 1.54) is 0 Å². The standard InChI is InChI=1S/C16H19NO4/c1-3-10-17(12-16(19)20)15(18)5-4-11-21-14-8-6-13(2)7-9-14/h1,6-9H,4-5,10-12H2,2H3,(H,19,20). The molecule has 5 nitrogen and oxygen atoms in total. The number of hydrogen-bond donors (Lipinski definition) is 1. The number of aryl methyl sites for hydroxylation is 1. The first-order chi connectivity index (χ1) is 10.0. The summed E-state index contributed by atoms with van der Waals surface area (Å²) in [5.41, 5.74) is 1.15. The fourth-order valence-corrected chi connectivity index (χ4v) is 1.71. The van der Waals surface area contributed by atoms with E-state index in [4.69, 9.17) is 16.3 Å². The Labute approximate surface area is 124 Å². The number of nitrogens with zero attached hydrogens (tertiary/aromatic N) is 1. The lowest BCUT2D eigenvalue weighted by Crippen LogP contribution is -2.36. The Morgan fingerprint density at radius 3 is 2.57 bits per heavy atom. The van der Waals surface area contributed by atoms with Crippen LogP contribution in [-0.2, 0) is 9.59 Å². The van der Waals surface area contributed by atoms with E-state index in [-0.39, 0.29) is 25.4 Å². The summed E-state index contributed by atoms with van der Waals surface area (Å²) in [5, 5.41) is 8.71. The maximum atomic E-state index is 11.8. The highest BCUT2D eigenvalue weighted by Crippen LogP contribution is 2.12. The predicted molar refractivity (Wildman–Crippen MR) is 79.0 cm³/mol. The molecule has 0 atom stereocenters. The largest absolute Gasteiger partial charge is 0.494 e. The molecule has 1 aromatic rings. The van der Waals surface area contributed by atoms with Crippen molar-refractivity contribution in [2.75, 3.05) is 19.7 Å². The Hall–Kier alpha value is -2.48. The Kier molecular flexibility index (Phi) is 6.82. The third kappa shape index (κ3) is 6.48. The molecule has 1 rings (SSSR count). The molecule has 112 valence electrons.